The molecule has 0 bridgehead atoms. The van der Waals surface area contributed by atoms with Gasteiger partial charge in [-0.3, -0.25) is 4.79 Å². The number of oxazole rings is 1. The molecule has 0 saturated heterocycles. The molecule has 6 nitrogen and oxygen atoms in total. The van der Waals surface area contributed by atoms with Crippen LogP contribution in [0.25, 0.3) is 11.5 Å². The van der Waals surface area contributed by atoms with E-state index in [4.69, 9.17) is 13.9 Å². The number of carbonyl (C=O) groups is 1. The molecule has 0 aliphatic carbocycles. The second kappa shape index (κ2) is 12.8. The van der Waals surface area contributed by atoms with E-state index in [0.717, 1.165) is 33.9 Å². The van der Waals surface area contributed by atoms with Gasteiger partial charge in [0.15, 0.2) is 0 Å². The van der Waals surface area contributed by atoms with Crippen molar-refractivity contribution in [1.82, 2.24) is 10.3 Å². The number of nitrogens with one attached hydrogen (secondary N) is 1. The normalized spacial score (nSPS) is 11.8. The smallest absolute Gasteiger partial charge is 0.323 e. The van der Waals surface area contributed by atoms with Crippen LogP contribution in [0, 0.1) is 12.7 Å². The van der Waals surface area contributed by atoms with Gasteiger partial charge in [0.2, 0.25) is 5.89 Å². The van der Waals surface area contributed by atoms with Gasteiger partial charge >= 0.3 is 5.97 Å². The largest absolute Gasteiger partial charge is 0.493 e. The van der Waals surface area contributed by atoms with Gasteiger partial charge in [0.25, 0.3) is 0 Å². The van der Waals surface area contributed by atoms with Crippen molar-refractivity contribution in [2.24, 2.45) is 0 Å². The number of halogens is 1. The number of esters is 1. The first-order valence-corrected chi connectivity index (χ1v) is 12.4. The summed E-state index contributed by atoms with van der Waals surface area (Å²) in [5, 5.41) is 3.23. The molecule has 1 aromatic heterocycles. The fourth-order valence-electron chi connectivity index (χ4n) is 3.91. The van der Waals surface area contributed by atoms with Gasteiger partial charge in [-0.05, 0) is 67.8 Å². The lowest BCUT2D eigenvalue weighted by molar-refractivity contribution is -0.145. The van der Waals surface area contributed by atoms with Crippen molar-refractivity contribution < 1.29 is 23.1 Å². The Hall–Kier alpha value is -3.97. The number of carbonyl (C=O) groups excluding carboxylic acids is 1. The molecule has 1 atom stereocenters. The second-order valence-corrected chi connectivity index (χ2v) is 8.65. The van der Waals surface area contributed by atoms with E-state index >= 15 is 0 Å². The molecule has 1 unspecified atom stereocenters. The molecule has 0 spiro atoms. The zero-order valence-corrected chi connectivity index (χ0v) is 21.1. The molecular formula is C30H31FN2O4. The zero-order chi connectivity index (χ0) is 26.0. The van der Waals surface area contributed by atoms with Crippen LogP contribution in [0.2, 0.25) is 0 Å². The highest BCUT2D eigenvalue weighted by atomic mass is 19.1. The molecule has 192 valence electrons. The zero-order valence-electron chi connectivity index (χ0n) is 21.1. The maximum absolute atomic E-state index is 13.2. The molecule has 4 rings (SSSR count). The molecule has 1 N–H and O–H groups in total. The lowest BCUT2D eigenvalue weighted by Crippen LogP contribution is -2.39. The SMILES string of the molecule is CCOC(=O)C(Cc1ccc(OCCc2nc(-c3ccccc3)oc2C)cc1)NCc1ccc(F)cc1. The van der Waals surface area contributed by atoms with Crippen molar-refractivity contribution in [2.45, 2.75) is 39.3 Å². The minimum Gasteiger partial charge on any atom is -0.493 e. The van der Waals surface area contributed by atoms with Crippen molar-refractivity contribution in [1.29, 1.82) is 0 Å². The van der Waals surface area contributed by atoms with Gasteiger partial charge in [-0.2, -0.15) is 0 Å². The maximum Gasteiger partial charge on any atom is 0.323 e. The molecule has 37 heavy (non-hydrogen) atoms. The number of hydrogen-bond donors (Lipinski definition) is 1. The Kier molecular flexibility index (Phi) is 9.05. The van der Waals surface area contributed by atoms with Crippen molar-refractivity contribution in [3.63, 3.8) is 0 Å². The Morgan fingerprint density at radius 3 is 2.41 bits per heavy atom. The van der Waals surface area contributed by atoms with Crippen molar-refractivity contribution >= 4 is 5.97 Å². The molecule has 4 aromatic rings. The number of hydrogen-bond acceptors (Lipinski definition) is 6. The standard InChI is InChI=1S/C30H31FN2O4/c1-3-35-30(34)28(32-20-23-9-13-25(31)14-10-23)19-22-11-15-26(16-12-22)36-18-17-27-21(2)37-29(33-27)24-7-5-4-6-8-24/h4-16,28,32H,3,17-20H2,1-2H3. The summed E-state index contributed by atoms with van der Waals surface area (Å²) in [4.78, 5) is 17.1. The third kappa shape index (κ3) is 7.51. The topological polar surface area (TPSA) is 73.6 Å². The fraction of sp³-hybridized carbons (Fsp3) is 0.267. The van der Waals surface area contributed by atoms with Crippen LogP contribution in [0.15, 0.2) is 83.3 Å². The van der Waals surface area contributed by atoms with Gasteiger partial charge in [-0.25, -0.2) is 9.37 Å². The summed E-state index contributed by atoms with van der Waals surface area (Å²) in [5.74, 6) is 1.53. The third-order valence-electron chi connectivity index (χ3n) is 5.92. The third-order valence-corrected chi connectivity index (χ3v) is 5.92. The average molecular weight is 503 g/mol. The van der Waals surface area contributed by atoms with Gasteiger partial charge in [0.1, 0.15) is 23.4 Å². The van der Waals surface area contributed by atoms with E-state index in [1.54, 1.807) is 19.1 Å². The molecule has 0 saturated carbocycles. The minimum atomic E-state index is -0.522. The highest BCUT2D eigenvalue weighted by Gasteiger charge is 2.20. The van der Waals surface area contributed by atoms with Gasteiger partial charge in [-0.15, -0.1) is 0 Å². The predicted octanol–water partition coefficient (Wildman–Crippen LogP) is 5.67. The van der Waals surface area contributed by atoms with Crippen molar-refractivity contribution in [2.75, 3.05) is 13.2 Å². The van der Waals surface area contributed by atoms with E-state index in [1.165, 1.54) is 12.1 Å². The van der Waals surface area contributed by atoms with Crippen LogP contribution in [0.5, 0.6) is 5.75 Å². The van der Waals surface area contributed by atoms with Gasteiger partial charge in [0, 0.05) is 18.5 Å². The Bertz CT molecular complexity index is 1270. The number of ether oxygens (including phenoxy) is 2. The molecule has 0 fully saturated rings. The number of aromatic nitrogens is 1. The van der Waals surface area contributed by atoms with E-state index in [-0.39, 0.29) is 11.8 Å². The first-order valence-electron chi connectivity index (χ1n) is 12.4. The van der Waals surface area contributed by atoms with Crippen LogP contribution >= 0.6 is 0 Å². The summed E-state index contributed by atoms with van der Waals surface area (Å²) in [6.07, 6.45) is 1.09. The Labute approximate surface area is 216 Å². The van der Waals surface area contributed by atoms with Crippen LogP contribution in [0.4, 0.5) is 4.39 Å². The number of benzene rings is 3. The van der Waals surface area contributed by atoms with Crippen LogP contribution < -0.4 is 10.1 Å². The van der Waals surface area contributed by atoms with Gasteiger partial charge < -0.3 is 19.2 Å². The highest BCUT2D eigenvalue weighted by Crippen LogP contribution is 2.22. The minimum absolute atomic E-state index is 0.291. The molecule has 0 aliphatic heterocycles. The van der Waals surface area contributed by atoms with Crippen molar-refractivity contribution in [3.8, 4) is 17.2 Å². The fourth-order valence-corrected chi connectivity index (χ4v) is 3.91. The average Bonchev–Trinajstić information content (AvgIpc) is 3.29. The number of nitrogens with zero attached hydrogens (tertiary/aromatic N) is 1. The van der Waals surface area contributed by atoms with Crippen molar-refractivity contribution in [3.05, 3.63) is 107 Å². The van der Waals surface area contributed by atoms with Gasteiger partial charge in [-0.1, -0.05) is 42.5 Å². The summed E-state index contributed by atoms with van der Waals surface area (Å²) in [6, 6.07) is 23.1. The van der Waals surface area contributed by atoms with E-state index in [0.29, 0.717) is 38.5 Å². The summed E-state index contributed by atoms with van der Waals surface area (Å²) in [6.45, 7) is 4.89. The van der Waals surface area contributed by atoms with E-state index in [9.17, 15) is 9.18 Å². The van der Waals surface area contributed by atoms with E-state index in [2.05, 4.69) is 10.3 Å². The van der Waals surface area contributed by atoms with Crippen LogP contribution in [-0.2, 0) is 28.9 Å². The Balaban J connectivity index is 1.30. The molecule has 3 aromatic carbocycles. The maximum atomic E-state index is 13.2. The summed E-state index contributed by atoms with van der Waals surface area (Å²) >= 11 is 0. The first kappa shape index (κ1) is 26.1. The van der Waals surface area contributed by atoms with Crippen LogP contribution in [-0.4, -0.2) is 30.2 Å². The number of rotatable bonds is 12. The molecule has 0 aliphatic rings. The van der Waals surface area contributed by atoms with Crippen LogP contribution in [0.3, 0.4) is 0 Å². The summed E-state index contributed by atoms with van der Waals surface area (Å²) < 4.78 is 30.2. The number of aryl methyl sites for hydroxylation is 1. The first-order chi connectivity index (χ1) is 18.0. The molecular weight excluding hydrogens is 471 g/mol. The lowest BCUT2D eigenvalue weighted by atomic mass is 10.1. The molecule has 0 radical (unpaired) electrons. The second-order valence-electron chi connectivity index (χ2n) is 8.65. The highest BCUT2D eigenvalue weighted by molar-refractivity contribution is 5.76. The molecule has 0 amide bonds. The summed E-state index contributed by atoms with van der Waals surface area (Å²) in [7, 11) is 0. The molecule has 7 heteroatoms. The Morgan fingerprint density at radius 1 is 1.00 bits per heavy atom. The van der Waals surface area contributed by atoms with Gasteiger partial charge in [0.05, 0.1) is 18.9 Å². The summed E-state index contributed by atoms with van der Waals surface area (Å²) in [5.41, 5.74) is 3.68. The quantitative estimate of drug-likeness (QED) is 0.252. The monoisotopic (exact) mass is 502 g/mol. The van der Waals surface area contributed by atoms with E-state index < -0.39 is 6.04 Å². The van der Waals surface area contributed by atoms with E-state index in [1.807, 2.05) is 61.5 Å². The Morgan fingerprint density at radius 2 is 1.70 bits per heavy atom. The van der Waals surface area contributed by atoms with Crippen LogP contribution in [0.1, 0.15) is 29.5 Å². The molecule has 1 heterocycles. The predicted molar refractivity (Wildman–Crippen MR) is 140 cm³/mol. The lowest BCUT2D eigenvalue weighted by Gasteiger charge is -2.18.